The van der Waals surface area contributed by atoms with Crippen LogP contribution in [0.2, 0.25) is 0 Å². The molecule has 2 heterocycles. The largest absolute Gasteiger partial charge is 0.293 e. The molecule has 0 aliphatic carbocycles. The zero-order valence-corrected chi connectivity index (χ0v) is 11.6. The third kappa shape index (κ3) is 2.95. The van der Waals surface area contributed by atoms with Gasteiger partial charge in [0.15, 0.2) is 5.78 Å². The van der Waals surface area contributed by atoms with Crippen molar-refractivity contribution in [3.05, 3.63) is 27.2 Å². The van der Waals surface area contributed by atoms with E-state index in [2.05, 4.69) is 35.3 Å². The number of hydrogen-bond donors (Lipinski definition) is 0. The minimum Gasteiger partial charge on any atom is -0.293 e. The van der Waals surface area contributed by atoms with Crippen LogP contribution in [0.3, 0.4) is 0 Å². The Bertz CT molecular complexity index is 511. The van der Waals surface area contributed by atoms with Crippen molar-refractivity contribution in [1.29, 1.82) is 0 Å². The van der Waals surface area contributed by atoms with Gasteiger partial charge in [-0.05, 0) is 11.5 Å². The second-order valence-electron chi connectivity index (χ2n) is 4.76. The monoisotopic (exact) mass is 267 g/mol. The highest BCUT2D eigenvalue weighted by Gasteiger charge is 2.19. The molecule has 0 aromatic carbocycles. The lowest BCUT2D eigenvalue weighted by Crippen LogP contribution is -2.12. The second kappa shape index (κ2) is 4.62. The van der Waals surface area contributed by atoms with Crippen molar-refractivity contribution in [3.63, 3.8) is 0 Å². The number of rotatable bonds is 3. The molecule has 0 saturated heterocycles. The fourth-order valence-electron chi connectivity index (χ4n) is 1.25. The van der Waals surface area contributed by atoms with Gasteiger partial charge in [0.2, 0.25) is 0 Å². The van der Waals surface area contributed by atoms with E-state index in [0.29, 0.717) is 11.3 Å². The lowest BCUT2D eigenvalue weighted by atomic mass is 9.93. The van der Waals surface area contributed by atoms with Gasteiger partial charge in [-0.2, -0.15) is 0 Å². The van der Waals surface area contributed by atoms with Crippen molar-refractivity contribution in [2.24, 2.45) is 0 Å². The van der Waals surface area contributed by atoms with Gasteiger partial charge in [-0.3, -0.25) is 4.79 Å². The third-order valence-electron chi connectivity index (χ3n) is 2.27. The van der Waals surface area contributed by atoms with E-state index in [-0.39, 0.29) is 11.2 Å². The van der Waals surface area contributed by atoms with Gasteiger partial charge in [0.05, 0.1) is 18.3 Å². The van der Waals surface area contributed by atoms with Crippen molar-refractivity contribution >= 4 is 28.7 Å². The minimum atomic E-state index is 0.0316. The molecule has 0 bridgehead atoms. The lowest BCUT2D eigenvalue weighted by Gasteiger charge is -2.14. The van der Waals surface area contributed by atoms with Crippen molar-refractivity contribution < 1.29 is 4.79 Å². The molecule has 0 aliphatic heterocycles. The van der Waals surface area contributed by atoms with Gasteiger partial charge in [0.25, 0.3) is 0 Å². The number of aromatic nitrogens is 3. The fraction of sp³-hybridized carbons (Fsp3) is 0.455. The molecular weight excluding hydrogens is 254 g/mol. The summed E-state index contributed by atoms with van der Waals surface area (Å²) in [6, 6.07) is 0. The number of carbonyl (C=O) groups is 1. The first kappa shape index (κ1) is 12.3. The first-order valence-corrected chi connectivity index (χ1v) is 6.87. The van der Waals surface area contributed by atoms with Crippen LogP contribution in [0.25, 0.3) is 0 Å². The standard InChI is InChI=1S/C11H13N3OS2/c1-11(2,3)9-6-16-10(13-9)4-7(15)8-5-12-14-17-8/h5-6H,4H2,1-3H3. The third-order valence-corrected chi connectivity index (χ3v) is 3.82. The molecule has 0 amide bonds. The minimum absolute atomic E-state index is 0.0316. The maximum atomic E-state index is 11.8. The van der Waals surface area contributed by atoms with Gasteiger partial charge in [0, 0.05) is 10.8 Å². The number of carbonyl (C=O) groups excluding carboxylic acids is 1. The zero-order chi connectivity index (χ0) is 12.5. The summed E-state index contributed by atoms with van der Waals surface area (Å²) >= 11 is 2.66. The molecular formula is C11H13N3OS2. The predicted octanol–water partition coefficient (Wildman–Crippen LogP) is 2.72. The van der Waals surface area contributed by atoms with Crippen molar-refractivity contribution in [1.82, 2.24) is 14.6 Å². The van der Waals surface area contributed by atoms with Gasteiger partial charge in [-0.25, -0.2) is 4.98 Å². The molecule has 0 N–H and O–H groups in total. The quantitative estimate of drug-likeness (QED) is 0.802. The van der Waals surface area contributed by atoms with E-state index in [4.69, 9.17) is 0 Å². The fourth-order valence-corrected chi connectivity index (χ4v) is 2.72. The van der Waals surface area contributed by atoms with E-state index in [1.807, 2.05) is 5.38 Å². The highest BCUT2D eigenvalue weighted by molar-refractivity contribution is 7.10. The Balaban J connectivity index is 2.10. The summed E-state index contributed by atoms with van der Waals surface area (Å²) in [4.78, 5) is 16.9. The molecule has 90 valence electrons. The number of nitrogens with zero attached hydrogens (tertiary/aromatic N) is 3. The maximum Gasteiger partial charge on any atom is 0.182 e. The number of ketones is 1. The van der Waals surface area contributed by atoms with Crippen molar-refractivity contribution in [2.45, 2.75) is 32.6 Å². The van der Waals surface area contributed by atoms with Gasteiger partial charge < -0.3 is 0 Å². The van der Waals surface area contributed by atoms with E-state index < -0.39 is 0 Å². The van der Waals surface area contributed by atoms with Crippen LogP contribution >= 0.6 is 22.9 Å². The molecule has 0 aliphatic rings. The summed E-state index contributed by atoms with van der Waals surface area (Å²) in [6.45, 7) is 6.34. The number of hydrogen-bond acceptors (Lipinski definition) is 6. The van der Waals surface area contributed by atoms with Crippen molar-refractivity contribution in [3.8, 4) is 0 Å². The number of Topliss-reactive ketones (excluding diaryl/α,β-unsaturated/α-hetero) is 1. The molecule has 17 heavy (non-hydrogen) atoms. The first-order chi connectivity index (χ1) is 7.97. The van der Waals surface area contributed by atoms with E-state index in [1.54, 1.807) is 0 Å². The molecule has 6 heteroatoms. The topological polar surface area (TPSA) is 55.7 Å². The average molecular weight is 267 g/mol. The maximum absolute atomic E-state index is 11.8. The van der Waals surface area contributed by atoms with Crippen LogP contribution in [0.5, 0.6) is 0 Å². The Morgan fingerprint density at radius 1 is 1.41 bits per heavy atom. The predicted molar refractivity (Wildman–Crippen MR) is 68.8 cm³/mol. The highest BCUT2D eigenvalue weighted by atomic mass is 32.1. The Morgan fingerprint density at radius 3 is 2.71 bits per heavy atom. The van der Waals surface area contributed by atoms with E-state index in [1.165, 1.54) is 17.5 Å². The van der Waals surface area contributed by atoms with Crippen LogP contribution in [0.1, 0.15) is 41.1 Å². The van der Waals surface area contributed by atoms with Crippen molar-refractivity contribution in [2.75, 3.05) is 0 Å². The second-order valence-corrected chi connectivity index (χ2v) is 6.49. The van der Waals surface area contributed by atoms with Crippen LogP contribution in [-0.4, -0.2) is 20.4 Å². The SMILES string of the molecule is CC(C)(C)c1csc(CC(=O)c2cnns2)n1. The molecule has 0 radical (unpaired) electrons. The van der Waals surface area contributed by atoms with Crippen LogP contribution in [0.4, 0.5) is 0 Å². The molecule has 0 atom stereocenters. The Hall–Kier alpha value is -1.14. The first-order valence-electron chi connectivity index (χ1n) is 5.22. The Labute approximate surface area is 108 Å². The van der Waals surface area contributed by atoms with Crippen LogP contribution in [-0.2, 0) is 11.8 Å². The molecule has 0 fully saturated rings. The molecule has 2 rings (SSSR count). The van der Waals surface area contributed by atoms with Gasteiger partial charge in [-0.1, -0.05) is 25.3 Å². The molecule has 2 aromatic heterocycles. The van der Waals surface area contributed by atoms with Gasteiger partial charge in [0.1, 0.15) is 9.88 Å². The average Bonchev–Trinajstić information content (AvgIpc) is 2.85. The van der Waals surface area contributed by atoms with Crippen LogP contribution < -0.4 is 0 Å². The molecule has 2 aromatic rings. The molecule has 0 spiro atoms. The van der Waals surface area contributed by atoms with E-state index >= 15 is 0 Å². The molecule has 4 nitrogen and oxygen atoms in total. The van der Waals surface area contributed by atoms with Gasteiger partial charge >= 0.3 is 0 Å². The summed E-state index contributed by atoms with van der Waals surface area (Å²) in [6.07, 6.45) is 1.84. The van der Waals surface area contributed by atoms with Crippen LogP contribution in [0.15, 0.2) is 11.6 Å². The Kier molecular flexibility index (Phi) is 3.35. The Morgan fingerprint density at radius 2 is 2.18 bits per heavy atom. The summed E-state index contributed by atoms with van der Waals surface area (Å²) in [5, 5.41) is 6.54. The summed E-state index contributed by atoms with van der Waals surface area (Å²) < 4.78 is 3.68. The summed E-state index contributed by atoms with van der Waals surface area (Å²) in [5.41, 5.74) is 1.07. The summed E-state index contributed by atoms with van der Waals surface area (Å²) in [5.74, 6) is 0.0369. The van der Waals surface area contributed by atoms with Gasteiger partial charge in [-0.15, -0.1) is 16.4 Å². The van der Waals surface area contributed by atoms with Crippen LogP contribution in [0, 0.1) is 0 Å². The highest BCUT2D eigenvalue weighted by Crippen LogP contribution is 2.24. The lowest BCUT2D eigenvalue weighted by molar-refractivity contribution is 0.0996. The normalized spacial score (nSPS) is 11.7. The smallest absolute Gasteiger partial charge is 0.182 e. The number of thiazole rings is 1. The molecule has 0 unspecified atom stereocenters. The van der Waals surface area contributed by atoms with E-state index in [0.717, 1.165) is 22.2 Å². The zero-order valence-electron chi connectivity index (χ0n) is 9.93. The summed E-state index contributed by atoms with van der Waals surface area (Å²) in [7, 11) is 0. The van der Waals surface area contributed by atoms with E-state index in [9.17, 15) is 4.79 Å². The molecule has 0 saturated carbocycles.